The second-order valence-corrected chi connectivity index (χ2v) is 4.96. The molecule has 21 heavy (non-hydrogen) atoms. The molecule has 0 aromatic heterocycles. The van der Waals surface area contributed by atoms with E-state index in [2.05, 4.69) is 0 Å². The average molecular weight is 290 g/mol. The Morgan fingerprint density at radius 2 is 1.86 bits per heavy atom. The highest BCUT2D eigenvalue weighted by atomic mass is 19.1. The van der Waals surface area contributed by atoms with Crippen molar-refractivity contribution in [2.24, 2.45) is 0 Å². The van der Waals surface area contributed by atoms with Crippen LogP contribution in [0.5, 0.6) is 11.5 Å². The number of hydrogen-bond donors (Lipinski definition) is 1. The number of aliphatic hydroxyl groups excluding tert-OH is 1. The first-order chi connectivity index (χ1) is 10.0. The topological polar surface area (TPSA) is 38.7 Å². The molecule has 1 atom stereocenters. The van der Waals surface area contributed by atoms with Crippen molar-refractivity contribution in [1.29, 1.82) is 0 Å². The van der Waals surface area contributed by atoms with Crippen LogP contribution in [0.4, 0.5) is 4.39 Å². The number of benzene rings is 2. The standard InChI is InChI=1S/C17H19FO3/c1-11-8-14(12(2)19)5-7-16(11)21-10-13-4-6-17(20-3)15(18)9-13/h4-9,12,19H,10H2,1-3H3/t12-/m1/s1. The molecule has 3 nitrogen and oxygen atoms in total. The zero-order valence-corrected chi connectivity index (χ0v) is 12.4. The first-order valence-corrected chi connectivity index (χ1v) is 6.75. The number of halogens is 1. The molecule has 0 unspecified atom stereocenters. The van der Waals surface area contributed by atoms with Gasteiger partial charge in [-0.25, -0.2) is 4.39 Å². The zero-order chi connectivity index (χ0) is 15.4. The van der Waals surface area contributed by atoms with E-state index in [4.69, 9.17) is 9.47 Å². The molecular formula is C17H19FO3. The van der Waals surface area contributed by atoms with Gasteiger partial charge < -0.3 is 14.6 Å². The first-order valence-electron chi connectivity index (χ1n) is 6.75. The fourth-order valence-electron chi connectivity index (χ4n) is 2.06. The van der Waals surface area contributed by atoms with Gasteiger partial charge >= 0.3 is 0 Å². The summed E-state index contributed by atoms with van der Waals surface area (Å²) in [5, 5.41) is 9.53. The summed E-state index contributed by atoms with van der Waals surface area (Å²) in [5.41, 5.74) is 2.50. The number of aliphatic hydroxyl groups is 1. The van der Waals surface area contributed by atoms with Crippen LogP contribution in [0.25, 0.3) is 0 Å². The monoisotopic (exact) mass is 290 g/mol. The van der Waals surface area contributed by atoms with Crippen LogP contribution < -0.4 is 9.47 Å². The van der Waals surface area contributed by atoms with Crippen molar-refractivity contribution >= 4 is 0 Å². The van der Waals surface area contributed by atoms with Crippen molar-refractivity contribution in [3.05, 3.63) is 58.9 Å². The summed E-state index contributed by atoms with van der Waals surface area (Å²) < 4.78 is 24.2. The lowest BCUT2D eigenvalue weighted by Crippen LogP contribution is -2.00. The Bertz CT molecular complexity index is 623. The molecule has 112 valence electrons. The Hall–Kier alpha value is -2.07. The van der Waals surface area contributed by atoms with E-state index in [1.54, 1.807) is 19.1 Å². The fourth-order valence-corrected chi connectivity index (χ4v) is 2.06. The molecule has 0 saturated carbocycles. The van der Waals surface area contributed by atoms with Gasteiger partial charge in [-0.05, 0) is 54.8 Å². The minimum absolute atomic E-state index is 0.219. The molecule has 1 N–H and O–H groups in total. The zero-order valence-electron chi connectivity index (χ0n) is 12.4. The van der Waals surface area contributed by atoms with Gasteiger partial charge in [0.05, 0.1) is 13.2 Å². The van der Waals surface area contributed by atoms with Crippen LogP contribution in [-0.4, -0.2) is 12.2 Å². The van der Waals surface area contributed by atoms with Gasteiger partial charge in [-0.1, -0.05) is 12.1 Å². The Labute approximate surface area is 124 Å². The van der Waals surface area contributed by atoms with Crippen LogP contribution in [0.3, 0.4) is 0 Å². The van der Waals surface area contributed by atoms with Crippen molar-refractivity contribution in [3.8, 4) is 11.5 Å². The van der Waals surface area contributed by atoms with E-state index in [0.29, 0.717) is 0 Å². The number of rotatable bonds is 5. The van der Waals surface area contributed by atoms with E-state index >= 15 is 0 Å². The Balaban J connectivity index is 2.08. The lowest BCUT2D eigenvalue weighted by atomic mass is 10.1. The normalized spacial score (nSPS) is 12.0. The maximum absolute atomic E-state index is 13.6. The van der Waals surface area contributed by atoms with Crippen molar-refractivity contribution < 1.29 is 19.0 Å². The molecule has 2 rings (SSSR count). The van der Waals surface area contributed by atoms with Gasteiger partial charge in [0.15, 0.2) is 11.6 Å². The molecule has 0 aliphatic carbocycles. The second-order valence-electron chi connectivity index (χ2n) is 4.96. The summed E-state index contributed by atoms with van der Waals surface area (Å²) in [6, 6.07) is 10.3. The van der Waals surface area contributed by atoms with Crippen LogP contribution >= 0.6 is 0 Å². The molecular weight excluding hydrogens is 271 g/mol. The summed E-state index contributed by atoms with van der Waals surface area (Å²) in [6.07, 6.45) is -0.506. The number of methoxy groups -OCH3 is 1. The van der Waals surface area contributed by atoms with Crippen molar-refractivity contribution in [2.45, 2.75) is 26.6 Å². The average Bonchev–Trinajstić information content (AvgIpc) is 2.46. The third-order valence-corrected chi connectivity index (χ3v) is 3.29. The third-order valence-electron chi connectivity index (χ3n) is 3.29. The molecule has 0 amide bonds. The van der Waals surface area contributed by atoms with Gasteiger partial charge in [-0.15, -0.1) is 0 Å². The maximum atomic E-state index is 13.6. The highest BCUT2D eigenvalue weighted by Crippen LogP contribution is 2.24. The van der Waals surface area contributed by atoms with Crippen LogP contribution in [0.2, 0.25) is 0 Å². The molecule has 0 fully saturated rings. The highest BCUT2D eigenvalue weighted by Gasteiger charge is 2.07. The second kappa shape index (κ2) is 6.59. The molecule has 4 heteroatoms. The Kier molecular flexibility index (Phi) is 4.81. The lowest BCUT2D eigenvalue weighted by Gasteiger charge is -2.12. The predicted octanol–water partition coefficient (Wildman–Crippen LogP) is 3.78. The van der Waals surface area contributed by atoms with Gasteiger partial charge in [0.1, 0.15) is 12.4 Å². The fraction of sp³-hybridized carbons (Fsp3) is 0.294. The van der Waals surface area contributed by atoms with E-state index in [-0.39, 0.29) is 12.4 Å². The van der Waals surface area contributed by atoms with E-state index in [1.807, 2.05) is 25.1 Å². The van der Waals surface area contributed by atoms with Gasteiger partial charge in [0, 0.05) is 0 Å². The predicted molar refractivity (Wildman–Crippen MR) is 79.1 cm³/mol. The number of aryl methyl sites for hydroxylation is 1. The van der Waals surface area contributed by atoms with E-state index in [0.717, 1.165) is 22.4 Å². The minimum Gasteiger partial charge on any atom is -0.494 e. The SMILES string of the molecule is COc1ccc(COc2ccc([C@@H](C)O)cc2C)cc1F. The van der Waals surface area contributed by atoms with Gasteiger partial charge in [-0.3, -0.25) is 0 Å². The number of ether oxygens (including phenoxy) is 2. The molecule has 0 saturated heterocycles. The molecule has 0 spiro atoms. The molecule has 0 radical (unpaired) electrons. The molecule has 0 bridgehead atoms. The Morgan fingerprint density at radius 3 is 2.43 bits per heavy atom. The van der Waals surface area contributed by atoms with Gasteiger partial charge in [0.25, 0.3) is 0 Å². The van der Waals surface area contributed by atoms with Gasteiger partial charge in [0.2, 0.25) is 0 Å². The molecule has 0 heterocycles. The van der Waals surface area contributed by atoms with Crippen molar-refractivity contribution in [3.63, 3.8) is 0 Å². The van der Waals surface area contributed by atoms with E-state index in [1.165, 1.54) is 13.2 Å². The van der Waals surface area contributed by atoms with Crippen LogP contribution in [0, 0.1) is 12.7 Å². The van der Waals surface area contributed by atoms with Crippen LogP contribution in [-0.2, 0) is 6.61 Å². The maximum Gasteiger partial charge on any atom is 0.165 e. The smallest absolute Gasteiger partial charge is 0.165 e. The lowest BCUT2D eigenvalue weighted by molar-refractivity contribution is 0.199. The molecule has 0 aliphatic heterocycles. The Morgan fingerprint density at radius 1 is 1.14 bits per heavy atom. The quantitative estimate of drug-likeness (QED) is 0.911. The van der Waals surface area contributed by atoms with Crippen molar-refractivity contribution in [1.82, 2.24) is 0 Å². The molecule has 2 aromatic rings. The van der Waals surface area contributed by atoms with Crippen molar-refractivity contribution in [2.75, 3.05) is 7.11 Å². The summed E-state index contributed by atoms with van der Waals surface area (Å²) in [5.74, 6) is 0.534. The summed E-state index contributed by atoms with van der Waals surface area (Å²) >= 11 is 0. The summed E-state index contributed by atoms with van der Waals surface area (Å²) in [7, 11) is 1.43. The number of hydrogen-bond acceptors (Lipinski definition) is 3. The minimum atomic E-state index is -0.506. The van der Waals surface area contributed by atoms with E-state index in [9.17, 15) is 9.50 Å². The highest BCUT2D eigenvalue weighted by molar-refractivity contribution is 5.37. The van der Waals surface area contributed by atoms with Crippen LogP contribution in [0.1, 0.15) is 29.7 Å². The molecule has 2 aromatic carbocycles. The summed E-state index contributed by atoms with van der Waals surface area (Å²) in [6.45, 7) is 3.90. The van der Waals surface area contributed by atoms with E-state index < -0.39 is 11.9 Å². The largest absolute Gasteiger partial charge is 0.494 e. The first kappa shape index (κ1) is 15.3. The summed E-state index contributed by atoms with van der Waals surface area (Å²) in [4.78, 5) is 0. The van der Waals surface area contributed by atoms with Crippen LogP contribution in [0.15, 0.2) is 36.4 Å². The van der Waals surface area contributed by atoms with Gasteiger partial charge in [-0.2, -0.15) is 0 Å². The third kappa shape index (κ3) is 3.73. The molecule has 0 aliphatic rings.